The van der Waals surface area contributed by atoms with Crippen LogP contribution in [0.25, 0.3) is 0 Å². The molecule has 1 amide bonds. The molecule has 0 fully saturated rings. The smallest absolute Gasteiger partial charge is 0.326 e. The van der Waals surface area contributed by atoms with E-state index in [9.17, 15) is 14.7 Å². The summed E-state index contributed by atoms with van der Waals surface area (Å²) in [6, 6.07) is 5.75. The third-order valence-corrected chi connectivity index (χ3v) is 2.86. The second-order valence-corrected chi connectivity index (χ2v) is 6.31. The molecule has 0 aliphatic heterocycles. The van der Waals surface area contributed by atoms with Gasteiger partial charge in [-0.25, -0.2) is 4.79 Å². The predicted molar refractivity (Wildman–Crippen MR) is 80.6 cm³/mol. The highest BCUT2D eigenvalue weighted by atomic mass is 16.5. The van der Waals surface area contributed by atoms with Crippen LogP contribution in [0, 0.1) is 5.41 Å². The van der Waals surface area contributed by atoms with Crippen molar-refractivity contribution < 1.29 is 19.4 Å². The summed E-state index contributed by atoms with van der Waals surface area (Å²) in [6.07, 6.45) is 0.00431. The Bertz CT molecular complexity index is 517. The minimum atomic E-state index is -1.05. The largest absolute Gasteiger partial charge is 0.491 e. The molecule has 5 heteroatoms. The molecule has 0 bridgehead atoms. The number of nitrogens with one attached hydrogen (secondary N) is 1. The predicted octanol–water partition coefficient (Wildman–Crippen LogP) is 2.70. The topological polar surface area (TPSA) is 75.6 Å². The van der Waals surface area contributed by atoms with Crippen LogP contribution in [0.1, 0.15) is 45.0 Å². The van der Waals surface area contributed by atoms with Crippen molar-refractivity contribution in [1.82, 2.24) is 5.32 Å². The maximum atomic E-state index is 12.2. The monoisotopic (exact) mass is 293 g/mol. The summed E-state index contributed by atoms with van der Waals surface area (Å²) in [5.41, 5.74) is -0.197. The highest BCUT2D eigenvalue weighted by molar-refractivity contribution is 5.97. The molecule has 0 aliphatic rings. The normalized spacial score (nSPS) is 12.9. The lowest BCUT2D eigenvalue weighted by molar-refractivity contribution is -0.142. The van der Waals surface area contributed by atoms with Crippen LogP contribution in [0.15, 0.2) is 24.3 Å². The fraction of sp³-hybridized carbons (Fsp3) is 0.500. The molecule has 1 aromatic rings. The lowest BCUT2D eigenvalue weighted by Crippen LogP contribution is -2.49. The zero-order valence-electron chi connectivity index (χ0n) is 13.1. The number of ether oxygens (including phenoxy) is 1. The van der Waals surface area contributed by atoms with Crippen molar-refractivity contribution in [2.24, 2.45) is 5.41 Å². The Morgan fingerprint density at radius 3 is 2.33 bits per heavy atom. The molecule has 1 atom stereocenters. The molecule has 1 rings (SSSR count). The number of benzene rings is 1. The maximum Gasteiger partial charge on any atom is 0.326 e. The third-order valence-electron chi connectivity index (χ3n) is 2.86. The van der Waals surface area contributed by atoms with Gasteiger partial charge in [-0.15, -0.1) is 0 Å². The van der Waals surface area contributed by atoms with E-state index in [2.05, 4.69) is 5.32 Å². The van der Waals surface area contributed by atoms with Crippen molar-refractivity contribution in [2.45, 2.75) is 46.8 Å². The van der Waals surface area contributed by atoms with Crippen LogP contribution in [0.4, 0.5) is 0 Å². The zero-order valence-corrected chi connectivity index (χ0v) is 13.1. The zero-order chi connectivity index (χ0) is 16.2. The molecular weight excluding hydrogens is 270 g/mol. The first-order chi connectivity index (χ1) is 9.61. The Morgan fingerprint density at radius 1 is 1.24 bits per heavy atom. The van der Waals surface area contributed by atoms with E-state index in [1.165, 1.54) is 0 Å². The number of carboxylic acids is 1. The minimum Gasteiger partial charge on any atom is -0.491 e. The molecule has 0 heterocycles. The van der Waals surface area contributed by atoms with Crippen molar-refractivity contribution in [3.63, 3.8) is 0 Å². The molecule has 0 aliphatic carbocycles. The number of carboxylic acid groups (broad SMARTS) is 1. The van der Waals surface area contributed by atoms with Gasteiger partial charge in [-0.05, 0) is 37.5 Å². The van der Waals surface area contributed by atoms with Crippen molar-refractivity contribution in [3.8, 4) is 5.75 Å². The summed E-state index contributed by atoms with van der Waals surface area (Å²) < 4.78 is 5.53. The van der Waals surface area contributed by atoms with Gasteiger partial charge in [-0.3, -0.25) is 4.79 Å². The lowest BCUT2D eigenvalue weighted by Gasteiger charge is -2.27. The van der Waals surface area contributed by atoms with Crippen molar-refractivity contribution in [3.05, 3.63) is 29.8 Å². The average Bonchev–Trinajstić information content (AvgIpc) is 2.33. The van der Waals surface area contributed by atoms with Gasteiger partial charge < -0.3 is 15.2 Å². The molecule has 116 valence electrons. The van der Waals surface area contributed by atoms with Crippen LogP contribution in [0.2, 0.25) is 0 Å². The first kappa shape index (κ1) is 17.0. The second-order valence-electron chi connectivity index (χ2n) is 6.31. The first-order valence-electron chi connectivity index (χ1n) is 6.91. The van der Waals surface area contributed by atoms with E-state index in [0.29, 0.717) is 11.3 Å². The van der Waals surface area contributed by atoms with Crippen molar-refractivity contribution in [2.75, 3.05) is 0 Å². The van der Waals surface area contributed by atoms with E-state index in [1.807, 2.05) is 13.8 Å². The molecule has 0 spiro atoms. The first-order valence-corrected chi connectivity index (χ1v) is 6.91. The number of hydrogen-bond acceptors (Lipinski definition) is 3. The third kappa shape index (κ3) is 5.10. The molecule has 0 saturated carbocycles. The molecule has 0 aromatic heterocycles. The Morgan fingerprint density at radius 2 is 1.86 bits per heavy atom. The number of aliphatic carboxylic acids is 1. The molecule has 0 radical (unpaired) electrons. The molecule has 1 unspecified atom stereocenters. The summed E-state index contributed by atoms with van der Waals surface area (Å²) in [4.78, 5) is 23.5. The molecule has 2 N–H and O–H groups in total. The summed E-state index contributed by atoms with van der Waals surface area (Å²) in [5.74, 6) is -0.891. The molecular formula is C16H23NO4. The van der Waals surface area contributed by atoms with E-state index < -0.39 is 23.3 Å². The van der Waals surface area contributed by atoms with Gasteiger partial charge in [0.1, 0.15) is 11.8 Å². The van der Waals surface area contributed by atoms with E-state index in [4.69, 9.17) is 4.74 Å². The Labute approximate surface area is 125 Å². The quantitative estimate of drug-likeness (QED) is 0.875. The second kappa shape index (κ2) is 6.61. The number of amides is 1. The summed E-state index contributed by atoms with van der Waals surface area (Å²) in [5, 5.41) is 11.8. The maximum absolute atomic E-state index is 12.2. The highest BCUT2D eigenvalue weighted by Gasteiger charge is 2.32. The average molecular weight is 293 g/mol. The van der Waals surface area contributed by atoms with Crippen LogP contribution in [-0.4, -0.2) is 29.1 Å². The van der Waals surface area contributed by atoms with Gasteiger partial charge in [0.2, 0.25) is 0 Å². The molecule has 1 aromatic carbocycles. The number of carbonyl (C=O) groups excluding carboxylic acids is 1. The van der Waals surface area contributed by atoms with Gasteiger partial charge in [0, 0.05) is 5.56 Å². The molecule has 5 nitrogen and oxygen atoms in total. The van der Waals surface area contributed by atoms with Crippen LogP contribution in [-0.2, 0) is 4.79 Å². The van der Waals surface area contributed by atoms with E-state index in [1.54, 1.807) is 45.0 Å². The number of hydrogen-bond donors (Lipinski definition) is 2. The van der Waals surface area contributed by atoms with Crippen LogP contribution in [0.3, 0.4) is 0 Å². The molecule has 0 saturated heterocycles. The minimum absolute atomic E-state index is 0.00431. The van der Waals surface area contributed by atoms with Gasteiger partial charge >= 0.3 is 5.97 Å². The standard InChI is InChI=1S/C16H23NO4/c1-10(2)21-12-8-6-7-11(9-12)14(18)17-13(15(19)20)16(3,4)5/h6-10,13H,1-5H3,(H,17,18)(H,19,20). The Kier molecular flexibility index (Phi) is 5.35. The van der Waals surface area contributed by atoms with Crippen LogP contribution >= 0.6 is 0 Å². The van der Waals surface area contributed by atoms with E-state index >= 15 is 0 Å². The van der Waals surface area contributed by atoms with Gasteiger partial charge in [0.25, 0.3) is 5.91 Å². The SMILES string of the molecule is CC(C)Oc1cccc(C(=O)NC(C(=O)O)C(C)(C)C)c1. The van der Waals surface area contributed by atoms with Gasteiger partial charge in [0.05, 0.1) is 6.10 Å². The van der Waals surface area contributed by atoms with Crippen molar-refractivity contribution in [1.29, 1.82) is 0 Å². The summed E-state index contributed by atoms with van der Waals surface area (Å²) in [6.45, 7) is 9.10. The van der Waals surface area contributed by atoms with Crippen LogP contribution in [0.5, 0.6) is 5.75 Å². The lowest BCUT2D eigenvalue weighted by atomic mass is 9.86. The summed E-state index contributed by atoms with van der Waals surface area (Å²) in [7, 11) is 0. The van der Waals surface area contributed by atoms with E-state index in [0.717, 1.165) is 0 Å². The van der Waals surface area contributed by atoms with Gasteiger partial charge in [-0.2, -0.15) is 0 Å². The Hall–Kier alpha value is -2.04. The van der Waals surface area contributed by atoms with Gasteiger partial charge in [0.15, 0.2) is 0 Å². The summed E-state index contributed by atoms with van der Waals surface area (Å²) >= 11 is 0. The molecule has 21 heavy (non-hydrogen) atoms. The van der Waals surface area contributed by atoms with Crippen LogP contribution < -0.4 is 10.1 Å². The van der Waals surface area contributed by atoms with E-state index in [-0.39, 0.29) is 6.10 Å². The van der Waals surface area contributed by atoms with Crippen molar-refractivity contribution >= 4 is 11.9 Å². The fourth-order valence-corrected chi connectivity index (χ4v) is 1.85. The number of carbonyl (C=O) groups is 2. The number of rotatable bonds is 5. The fourth-order valence-electron chi connectivity index (χ4n) is 1.85. The Balaban J connectivity index is 2.90. The van der Waals surface area contributed by atoms with Gasteiger partial charge in [-0.1, -0.05) is 26.8 Å². The highest BCUT2D eigenvalue weighted by Crippen LogP contribution is 2.21.